The van der Waals surface area contributed by atoms with Crippen molar-refractivity contribution in [2.24, 2.45) is 0 Å². The monoisotopic (exact) mass is 471 g/mol. The molecule has 0 bridgehead atoms. The zero-order valence-corrected chi connectivity index (χ0v) is 20.1. The van der Waals surface area contributed by atoms with Gasteiger partial charge in [0.05, 0.1) is 11.6 Å². The number of hydrogen-bond acceptors (Lipinski definition) is 6. The van der Waals surface area contributed by atoms with E-state index < -0.39 is 17.7 Å². The molecule has 4 rings (SSSR count). The molecule has 1 saturated heterocycles. The summed E-state index contributed by atoms with van der Waals surface area (Å²) < 4.78 is 5.89. The number of aliphatic hydroxyl groups is 1. The van der Waals surface area contributed by atoms with Gasteiger partial charge in [-0.05, 0) is 62.0 Å². The predicted octanol–water partition coefficient (Wildman–Crippen LogP) is 3.95. The van der Waals surface area contributed by atoms with Crippen LogP contribution in [0, 0.1) is 6.92 Å². The smallest absolute Gasteiger partial charge is 0.295 e. The van der Waals surface area contributed by atoms with Crippen molar-refractivity contribution in [1.29, 1.82) is 0 Å². The number of likely N-dealkylation sites (N-methyl/N-ethyl adjacent to an activating group) is 1. The van der Waals surface area contributed by atoms with Crippen LogP contribution >= 0.6 is 0 Å². The fourth-order valence-electron chi connectivity index (χ4n) is 4.18. The van der Waals surface area contributed by atoms with Crippen molar-refractivity contribution in [3.05, 3.63) is 101 Å². The second-order valence-corrected chi connectivity index (χ2v) is 8.83. The molecule has 0 unspecified atom stereocenters. The predicted molar refractivity (Wildman–Crippen MR) is 134 cm³/mol. The first-order chi connectivity index (χ1) is 16.9. The molecule has 2 heterocycles. The minimum atomic E-state index is -0.711. The first-order valence-corrected chi connectivity index (χ1v) is 11.5. The third-order valence-electron chi connectivity index (χ3n) is 6.03. The largest absolute Gasteiger partial charge is 0.507 e. The number of carbonyl (C=O) groups is 2. The molecule has 2 aromatic carbocycles. The summed E-state index contributed by atoms with van der Waals surface area (Å²) in [6, 6.07) is 18.0. The van der Waals surface area contributed by atoms with Gasteiger partial charge in [0.2, 0.25) is 0 Å². The number of nitrogens with zero attached hydrogens (tertiary/aromatic N) is 3. The van der Waals surface area contributed by atoms with Crippen molar-refractivity contribution >= 4 is 17.4 Å². The van der Waals surface area contributed by atoms with Crippen LogP contribution in [0.1, 0.15) is 28.3 Å². The Morgan fingerprint density at radius 2 is 1.86 bits per heavy atom. The van der Waals surface area contributed by atoms with Crippen LogP contribution in [0.5, 0.6) is 5.75 Å². The summed E-state index contributed by atoms with van der Waals surface area (Å²) in [6.07, 6.45) is 3.26. The van der Waals surface area contributed by atoms with Crippen LogP contribution in [0.15, 0.2) is 78.6 Å². The number of likely N-dealkylation sites (tertiary alicyclic amines) is 1. The van der Waals surface area contributed by atoms with Gasteiger partial charge in [0, 0.05) is 31.0 Å². The summed E-state index contributed by atoms with van der Waals surface area (Å²) in [7, 11) is 3.81. The normalized spacial score (nSPS) is 17.3. The van der Waals surface area contributed by atoms with E-state index in [1.54, 1.807) is 30.6 Å². The van der Waals surface area contributed by atoms with Crippen LogP contribution in [0.3, 0.4) is 0 Å². The molecule has 7 heteroatoms. The molecule has 180 valence electrons. The Hall–Kier alpha value is -3.97. The summed E-state index contributed by atoms with van der Waals surface area (Å²) >= 11 is 0. The third kappa shape index (κ3) is 5.25. The zero-order chi connectivity index (χ0) is 24.9. The average Bonchev–Trinajstić information content (AvgIpc) is 3.12. The van der Waals surface area contributed by atoms with E-state index in [4.69, 9.17) is 4.74 Å². The van der Waals surface area contributed by atoms with E-state index in [-0.39, 0.29) is 11.3 Å². The minimum absolute atomic E-state index is 0.0720. The van der Waals surface area contributed by atoms with E-state index in [2.05, 4.69) is 4.98 Å². The Kier molecular flexibility index (Phi) is 7.27. The quantitative estimate of drug-likeness (QED) is 0.304. The fourth-order valence-corrected chi connectivity index (χ4v) is 4.18. The van der Waals surface area contributed by atoms with Crippen LogP contribution in [-0.2, 0) is 16.2 Å². The van der Waals surface area contributed by atoms with Gasteiger partial charge in [-0.3, -0.25) is 14.6 Å². The Morgan fingerprint density at radius 3 is 2.51 bits per heavy atom. The summed E-state index contributed by atoms with van der Waals surface area (Å²) in [5, 5.41) is 11.3. The molecule has 0 saturated carbocycles. The number of aliphatic hydroxyl groups excluding tert-OH is 1. The Balaban J connectivity index is 1.68. The van der Waals surface area contributed by atoms with Gasteiger partial charge in [0.25, 0.3) is 11.7 Å². The Bertz CT molecular complexity index is 1240. The molecule has 1 fully saturated rings. The second-order valence-electron chi connectivity index (χ2n) is 8.83. The summed E-state index contributed by atoms with van der Waals surface area (Å²) in [5.74, 6) is -0.864. The minimum Gasteiger partial charge on any atom is -0.507 e. The number of Topliss-reactive ketones (excluding diaryl/α,β-unsaturated/α-hetero) is 1. The maximum Gasteiger partial charge on any atom is 0.295 e. The molecular weight excluding hydrogens is 442 g/mol. The van der Waals surface area contributed by atoms with E-state index in [9.17, 15) is 14.7 Å². The number of rotatable bonds is 8. The Morgan fingerprint density at radius 1 is 1.09 bits per heavy atom. The van der Waals surface area contributed by atoms with Gasteiger partial charge in [-0.2, -0.15) is 0 Å². The topological polar surface area (TPSA) is 83.0 Å². The van der Waals surface area contributed by atoms with Gasteiger partial charge in [-0.15, -0.1) is 0 Å². The number of amides is 1. The fraction of sp³-hybridized carbons (Fsp3) is 0.250. The number of aromatic nitrogens is 1. The van der Waals surface area contributed by atoms with E-state index in [1.807, 2.05) is 68.4 Å². The number of ketones is 1. The average molecular weight is 472 g/mol. The highest BCUT2D eigenvalue weighted by atomic mass is 16.5. The molecule has 1 aliphatic rings. The maximum absolute atomic E-state index is 13.1. The molecule has 35 heavy (non-hydrogen) atoms. The lowest BCUT2D eigenvalue weighted by Gasteiger charge is -2.26. The van der Waals surface area contributed by atoms with Crippen molar-refractivity contribution in [2.45, 2.75) is 19.6 Å². The molecule has 1 aliphatic heterocycles. The maximum atomic E-state index is 13.1. The van der Waals surface area contributed by atoms with Crippen LogP contribution in [-0.4, -0.2) is 58.8 Å². The lowest BCUT2D eigenvalue weighted by Crippen LogP contribution is -2.35. The van der Waals surface area contributed by atoms with Gasteiger partial charge in [0.1, 0.15) is 18.1 Å². The summed E-state index contributed by atoms with van der Waals surface area (Å²) in [6.45, 7) is 3.19. The molecule has 0 spiro atoms. The molecule has 1 amide bonds. The lowest BCUT2D eigenvalue weighted by atomic mass is 9.94. The Labute approximate surface area is 205 Å². The number of carbonyl (C=O) groups excluding carboxylic acids is 2. The van der Waals surface area contributed by atoms with Crippen LogP contribution in [0.25, 0.3) is 5.76 Å². The molecule has 1 atom stereocenters. The van der Waals surface area contributed by atoms with Crippen molar-refractivity contribution in [3.8, 4) is 5.75 Å². The summed E-state index contributed by atoms with van der Waals surface area (Å²) in [5.41, 5.74) is 3.01. The second kappa shape index (κ2) is 10.5. The molecule has 3 aromatic rings. The first kappa shape index (κ1) is 24.2. The van der Waals surface area contributed by atoms with Gasteiger partial charge < -0.3 is 19.6 Å². The number of pyridine rings is 1. The summed E-state index contributed by atoms with van der Waals surface area (Å²) in [4.78, 5) is 33.7. The molecule has 1 aromatic heterocycles. The highest BCUT2D eigenvalue weighted by molar-refractivity contribution is 6.46. The molecule has 1 N–H and O–H groups in total. The van der Waals surface area contributed by atoms with Crippen LogP contribution < -0.4 is 4.74 Å². The standard InChI is InChI=1S/C28H29N3O4/c1-19-16-22(35-18-20-8-5-4-6-9-20)11-12-23(19)26(32)24-25(21-10-7-13-29-17-21)31(15-14-30(2)3)28(34)27(24)33/h4-13,16-17,25,32H,14-15,18H2,1-3H3/t25-/m1/s1. The van der Waals surface area contributed by atoms with E-state index in [1.165, 1.54) is 4.90 Å². The highest BCUT2D eigenvalue weighted by Gasteiger charge is 2.46. The number of aryl methyl sites for hydroxylation is 1. The van der Waals surface area contributed by atoms with Crippen LogP contribution in [0.2, 0.25) is 0 Å². The molecule has 7 nitrogen and oxygen atoms in total. The van der Waals surface area contributed by atoms with Crippen molar-refractivity contribution in [1.82, 2.24) is 14.8 Å². The van der Waals surface area contributed by atoms with Crippen molar-refractivity contribution in [2.75, 3.05) is 27.2 Å². The van der Waals surface area contributed by atoms with Crippen molar-refractivity contribution in [3.63, 3.8) is 0 Å². The van der Waals surface area contributed by atoms with E-state index in [0.29, 0.717) is 36.6 Å². The van der Waals surface area contributed by atoms with Gasteiger partial charge in [-0.1, -0.05) is 36.4 Å². The number of hydrogen-bond donors (Lipinski definition) is 1. The first-order valence-electron chi connectivity index (χ1n) is 11.5. The third-order valence-corrected chi connectivity index (χ3v) is 6.03. The highest BCUT2D eigenvalue weighted by Crippen LogP contribution is 2.39. The van der Waals surface area contributed by atoms with Crippen LogP contribution in [0.4, 0.5) is 0 Å². The van der Waals surface area contributed by atoms with Gasteiger partial charge >= 0.3 is 0 Å². The van der Waals surface area contributed by atoms with Gasteiger partial charge in [0.15, 0.2) is 0 Å². The molecule has 0 radical (unpaired) electrons. The SMILES string of the molecule is Cc1cc(OCc2ccccc2)ccc1C(O)=C1C(=O)C(=O)N(CCN(C)C)[C@@H]1c1cccnc1. The molecule has 0 aliphatic carbocycles. The lowest BCUT2D eigenvalue weighted by molar-refractivity contribution is -0.140. The molecular formula is C28H29N3O4. The van der Waals surface area contributed by atoms with E-state index >= 15 is 0 Å². The zero-order valence-electron chi connectivity index (χ0n) is 20.1. The van der Waals surface area contributed by atoms with Gasteiger partial charge in [-0.25, -0.2) is 0 Å². The number of ether oxygens (including phenoxy) is 1. The van der Waals surface area contributed by atoms with E-state index in [0.717, 1.165) is 11.1 Å². The van der Waals surface area contributed by atoms with Crippen molar-refractivity contribution < 1.29 is 19.4 Å². The number of benzene rings is 2.